The number of nitro benzene ring substituents is 2. The smallest absolute Gasteiger partial charge is 0.311 e. The number of benzene rings is 4. The van der Waals surface area contributed by atoms with Crippen molar-refractivity contribution in [1.82, 2.24) is 0 Å². The molecular formula is C28H24N2O7. The second kappa shape index (κ2) is 11.2. The molecule has 0 radical (unpaired) electrons. The van der Waals surface area contributed by atoms with Crippen LogP contribution >= 0.6 is 0 Å². The van der Waals surface area contributed by atoms with E-state index in [4.69, 9.17) is 14.2 Å². The third-order valence-electron chi connectivity index (χ3n) is 5.51. The molecule has 37 heavy (non-hydrogen) atoms. The standard InChI is InChI=1S/C28H24N2O7/c1-3-35-27-21(29(31)32)15-17-23(25(27)19-11-7-5-8-12-19)37-24-18-16-22(30(33)34)28(36-4-2)26(24)20-13-9-6-10-14-20/h5-18H,3-4H2,1-2H3. The van der Waals surface area contributed by atoms with E-state index in [-0.39, 0.29) is 47.6 Å². The molecule has 188 valence electrons. The average molecular weight is 501 g/mol. The highest BCUT2D eigenvalue weighted by molar-refractivity contribution is 5.84. The number of hydrogen-bond donors (Lipinski definition) is 0. The monoisotopic (exact) mass is 500 g/mol. The molecular weight excluding hydrogens is 476 g/mol. The molecule has 0 unspecified atom stereocenters. The predicted molar refractivity (Wildman–Crippen MR) is 139 cm³/mol. The molecule has 4 aromatic rings. The van der Waals surface area contributed by atoms with E-state index in [1.807, 2.05) is 36.4 Å². The second-order valence-corrected chi connectivity index (χ2v) is 7.79. The number of nitro groups is 2. The summed E-state index contributed by atoms with van der Waals surface area (Å²) >= 11 is 0. The average Bonchev–Trinajstić information content (AvgIpc) is 2.90. The van der Waals surface area contributed by atoms with Crippen molar-refractivity contribution in [2.24, 2.45) is 0 Å². The van der Waals surface area contributed by atoms with Crippen LogP contribution in [0.15, 0.2) is 84.9 Å². The highest BCUT2D eigenvalue weighted by Crippen LogP contribution is 2.50. The first-order chi connectivity index (χ1) is 18.0. The fourth-order valence-corrected chi connectivity index (χ4v) is 4.02. The lowest BCUT2D eigenvalue weighted by molar-refractivity contribution is -0.385. The van der Waals surface area contributed by atoms with Crippen LogP contribution in [-0.4, -0.2) is 23.1 Å². The van der Waals surface area contributed by atoms with E-state index < -0.39 is 9.85 Å². The van der Waals surface area contributed by atoms with Crippen LogP contribution in [0, 0.1) is 20.2 Å². The summed E-state index contributed by atoms with van der Waals surface area (Å²) in [4.78, 5) is 22.6. The molecule has 0 spiro atoms. The largest absolute Gasteiger partial charge is 0.487 e. The van der Waals surface area contributed by atoms with Gasteiger partial charge >= 0.3 is 11.4 Å². The Labute approximate surface area is 213 Å². The van der Waals surface area contributed by atoms with Crippen LogP contribution < -0.4 is 14.2 Å². The Kier molecular flexibility index (Phi) is 7.63. The van der Waals surface area contributed by atoms with Crippen molar-refractivity contribution in [1.29, 1.82) is 0 Å². The second-order valence-electron chi connectivity index (χ2n) is 7.79. The Balaban J connectivity index is 1.99. The summed E-state index contributed by atoms with van der Waals surface area (Å²) in [6.45, 7) is 3.88. The molecule has 0 saturated carbocycles. The topological polar surface area (TPSA) is 114 Å². The molecule has 0 aromatic heterocycles. The maximum atomic E-state index is 11.8. The molecule has 0 bridgehead atoms. The van der Waals surface area contributed by atoms with Gasteiger partial charge in [0, 0.05) is 12.1 Å². The highest BCUT2D eigenvalue weighted by atomic mass is 16.6. The molecule has 0 saturated heterocycles. The lowest BCUT2D eigenvalue weighted by Crippen LogP contribution is -2.03. The van der Waals surface area contributed by atoms with Gasteiger partial charge in [0.1, 0.15) is 11.5 Å². The van der Waals surface area contributed by atoms with Gasteiger partial charge in [0.25, 0.3) is 0 Å². The summed E-state index contributed by atoms with van der Waals surface area (Å²) in [6.07, 6.45) is 0. The molecule has 4 aromatic carbocycles. The van der Waals surface area contributed by atoms with E-state index in [1.54, 1.807) is 38.1 Å². The molecule has 9 nitrogen and oxygen atoms in total. The molecule has 0 heterocycles. The first-order valence-electron chi connectivity index (χ1n) is 11.6. The summed E-state index contributed by atoms with van der Waals surface area (Å²) in [5, 5.41) is 23.6. The van der Waals surface area contributed by atoms with Gasteiger partial charge in [0.15, 0.2) is 0 Å². The van der Waals surface area contributed by atoms with Gasteiger partial charge in [0.2, 0.25) is 11.5 Å². The maximum absolute atomic E-state index is 11.8. The van der Waals surface area contributed by atoms with Gasteiger partial charge in [-0.2, -0.15) is 0 Å². The molecule has 0 aliphatic rings. The first kappa shape index (κ1) is 25.2. The molecule has 0 N–H and O–H groups in total. The molecule has 0 fully saturated rings. The quantitative estimate of drug-likeness (QED) is 0.164. The Bertz CT molecular complexity index is 1310. The number of hydrogen-bond acceptors (Lipinski definition) is 7. The predicted octanol–water partition coefficient (Wildman–Crippen LogP) is 7.43. The molecule has 0 atom stereocenters. The fraction of sp³-hybridized carbons (Fsp3) is 0.143. The zero-order valence-electron chi connectivity index (χ0n) is 20.2. The number of ether oxygens (including phenoxy) is 3. The Morgan fingerprint density at radius 3 is 1.30 bits per heavy atom. The zero-order chi connectivity index (χ0) is 26.4. The van der Waals surface area contributed by atoms with Crippen LogP contribution in [0.2, 0.25) is 0 Å². The van der Waals surface area contributed by atoms with Crippen molar-refractivity contribution in [2.75, 3.05) is 13.2 Å². The molecule has 9 heteroatoms. The van der Waals surface area contributed by atoms with Crippen molar-refractivity contribution < 1.29 is 24.1 Å². The van der Waals surface area contributed by atoms with Gasteiger partial charge in [-0.15, -0.1) is 0 Å². The fourth-order valence-electron chi connectivity index (χ4n) is 4.02. The lowest BCUT2D eigenvalue weighted by atomic mass is 10.0. The maximum Gasteiger partial charge on any atom is 0.311 e. The van der Waals surface area contributed by atoms with Gasteiger partial charge < -0.3 is 14.2 Å². The molecule has 0 aliphatic carbocycles. The van der Waals surface area contributed by atoms with Crippen molar-refractivity contribution in [3.05, 3.63) is 105 Å². The van der Waals surface area contributed by atoms with E-state index in [0.717, 1.165) is 0 Å². The third-order valence-corrected chi connectivity index (χ3v) is 5.51. The van der Waals surface area contributed by atoms with Crippen molar-refractivity contribution in [3.63, 3.8) is 0 Å². The van der Waals surface area contributed by atoms with E-state index in [9.17, 15) is 20.2 Å². The van der Waals surface area contributed by atoms with Crippen LogP contribution in [0.5, 0.6) is 23.0 Å². The summed E-state index contributed by atoms with van der Waals surface area (Å²) < 4.78 is 17.9. The minimum absolute atomic E-state index is 0.0735. The van der Waals surface area contributed by atoms with Gasteiger partial charge in [0.05, 0.1) is 34.2 Å². The summed E-state index contributed by atoms with van der Waals surface area (Å²) in [5.74, 6) is 0.719. The minimum Gasteiger partial charge on any atom is -0.487 e. The first-order valence-corrected chi connectivity index (χ1v) is 11.6. The summed E-state index contributed by atoms with van der Waals surface area (Å²) in [7, 11) is 0. The zero-order valence-corrected chi connectivity index (χ0v) is 20.2. The SMILES string of the molecule is CCOc1c([N+](=O)[O-])ccc(Oc2ccc([N+](=O)[O-])c(OCC)c2-c2ccccc2)c1-c1ccccc1. The number of nitrogens with zero attached hydrogens (tertiary/aromatic N) is 2. The van der Waals surface area contributed by atoms with E-state index >= 15 is 0 Å². The number of rotatable bonds is 10. The summed E-state index contributed by atoms with van der Waals surface area (Å²) in [5.41, 5.74) is 1.69. The third kappa shape index (κ3) is 5.20. The van der Waals surface area contributed by atoms with Crippen LogP contribution in [0.25, 0.3) is 22.3 Å². The normalized spacial score (nSPS) is 10.5. The molecule has 0 aliphatic heterocycles. The van der Waals surface area contributed by atoms with E-state index in [0.29, 0.717) is 22.3 Å². The molecule has 0 amide bonds. The molecule has 4 rings (SSSR count). The van der Waals surface area contributed by atoms with Crippen LogP contribution in [0.4, 0.5) is 11.4 Å². The van der Waals surface area contributed by atoms with Crippen LogP contribution in [-0.2, 0) is 0 Å². The van der Waals surface area contributed by atoms with Crippen molar-refractivity contribution in [2.45, 2.75) is 13.8 Å². The summed E-state index contributed by atoms with van der Waals surface area (Å²) in [6, 6.07) is 23.7. The van der Waals surface area contributed by atoms with Crippen LogP contribution in [0.3, 0.4) is 0 Å². The Morgan fingerprint density at radius 2 is 0.973 bits per heavy atom. The van der Waals surface area contributed by atoms with E-state index in [1.165, 1.54) is 24.3 Å². The van der Waals surface area contributed by atoms with Gasteiger partial charge in [-0.1, -0.05) is 60.7 Å². The Morgan fingerprint density at radius 1 is 0.595 bits per heavy atom. The van der Waals surface area contributed by atoms with E-state index in [2.05, 4.69) is 0 Å². The minimum atomic E-state index is -0.504. The van der Waals surface area contributed by atoms with Gasteiger partial charge in [-0.05, 0) is 37.1 Å². The van der Waals surface area contributed by atoms with Gasteiger partial charge in [-0.25, -0.2) is 0 Å². The van der Waals surface area contributed by atoms with Gasteiger partial charge in [-0.3, -0.25) is 20.2 Å². The Hall–Kier alpha value is -4.92. The van der Waals surface area contributed by atoms with Crippen molar-refractivity contribution >= 4 is 11.4 Å². The van der Waals surface area contributed by atoms with Crippen LogP contribution in [0.1, 0.15) is 13.8 Å². The highest BCUT2D eigenvalue weighted by Gasteiger charge is 2.28. The lowest BCUT2D eigenvalue weighted by Gasteiger charge is -2.19. The van der Waals surface area contributed by atoms with Crippen molar-refractivity contribution in [3.8, 4) is 45.3 Å².